The molecule has 0 aromatic rings. The van der Waals surface area contributed by atoms with Crippen LogP contribution in [0.25, 0.3) is 0 Å². The molecule has 2 aliphatic heterocycles. The number of hydrogen-bond acceptors (Lipinski definition) is 12. The highest BCUT2D eigenvalue weighted by Gasteiger charge is 2.58. The van der Waals surface area contributed by atoms with Gasteiger partial charge in [0.05, 0.1) is 0 Å². The quantitative estimate of drug-likeness (QED) is 0.362. The molecule has 2 aliphatic rings. The minimum absolute atomic E-state index is 1.36. The van der Waals surface area contributed by atoms with Crippen LogP contribution in [0.3, 0.4) is 0 Å². The molecule has 0 aliphatic carbocycles. The van der Waals surface area contributed by atoms with Gasteiger partial charge in [0.2, 0.25) is 0 Å². The second kappa shape index (κ2) is 5.19. The molecule has 2 saturated heterocycles. The molecular weight excluding hydrogens is 302 g/mol. The zero-order chi connectivity index (χ0) is 14.9. The van der Waals surface area contributed by atoms with Crippen LogP contribution in [0, 0.1) is 0 Å². The number of hydrogen-bond donors (Lipinski definition) is 0. The average molecular weight is 302 g/mol. The summed E-state index contributed by atoms with van der Waals surface area (Å²) < 4.78 is 24.9. The molecule has 0 radical (unpaired) electrons. The topological polar surface area (TPSA) is 158 Å². The zero-order valence-corrected chi connectivity index (χ0v) is 10.2. The molecule has 2 fully saturated rings. The first-order valence-electron chi connectivity index (χ1n) is 4.61. The fraction of sp³-hybridized carbons (Fsp3) is 0. The molecule has 20 heavy (non-hydrogen) atoms. The maximum absolute atomic E-state index is 11.1. The first-order chi connectivity index (χ1) is 9.36. The van der Waals surface area contributed by atoms with Gasteiger partial charge in [-0.25, -0.2) is 28.8 Å². The molecule has 2 heterocycles. The van der Waals surface area contributed by atoms with E-state index in [1.54, 1.807) is 0 Å². The molecular formula is C6AlBO12. The van der Waals surface area contributed by atoms with E-state index in [1.807, 2.05) is 0 Å². The highest BCUT2D eigenvalue weighted by molar-refractivity contribution is 6.61. The molecule has 2 rings (SSSR count). The van der Waals surface area contributed by atoms with Crippen molar-refractivity contribution >= 4 is 58.3 Å². The van der Waals surface area contributed by atoms with Gasteiger partial charge in [-0.15, -0.1) is 0 Å². The summed E-state index contributed by atoms with van der Waals surface area (Å²) in [6.07, 6.45) is 0. The minimum atomic E-state index is -3.45. The van der Waals surface area contributed by atoms with E-state index in [9.17, 15) is 28.8 Å². The van der Waals surface area contributed by atoms with Crippen molar-refractivity contribution in [2.75, 3.05) is 0 Å². The largest absolute Gasteiger partial charge is 1.20 e. The van der Waals surface area contributed by atoms with Crippen LogP contribution in [-0.4, -0.2) is 58.3 Å². The summed E-state index contributed by atoms with van der Waals surface area (Å²) in [6.45, 7) is 0. The Morgan fingerprint density at radius 1 is 0.850 bits per heavy atom. The highest BCUT2D eigenvalue weighted by atomic mass is 27.3. The van der Waals surface area contributed by atoms with Gasteiger partial charge in [-0.05, 0) is 0 Å². The lowest BCUT2D eigenvalue weighted by Gasteiger charge is -2.05. The number of carbonyl (C=O) groups excluding carboxylic acids is 6. The molecule has 102 valence electrons. The Kier molecular flexibility index (Phi) is 3.59. The fourth-order valence-corrected chi connectivity index (χ4v) is 1.91. The van der Waals surface area contributed by atoms with Gasteiger partial charge in [-0.2, -0.15) is 0 Å². The SMILES string of the molecule is O=C1OB(OC(=O)C(=O)[O][Al]2[O]C(=O)C(=O)[O]2)OC1=O. The Morgan fingerprint density at radius 2 is 1.35 bits per heavy atom. The van der Waals surface area contributed by atoms with E-state index in [0.29, 0.717) is 0 Å². The fourth-order valence-electron chi connectivity index (χ4n) is 0.957. The van der Waals surface area contributed by atoms with Crippen molar-refractivity contribution in [3.05, 3.63) is 0 Å². The van der Waals surface area contributed by atoms with E-state index in [0.717, 1.165) is 0 Å². The second-order valence-electron chi connectivity index (χ2n) is 3.01. The third-order valence-corrected chi connectivity index (χ3v) is 2.94. The molecule has 0 amide bonds. The van der Waals surface area contributed by atoms with Gasteiger partial charge < -0.3 is 25.3 Å². The summed E-state index contributed by atoms with van der Waals surface area (Å²) in [6, 6.07) is 0. The van der Waals surface area contributed by atoms with Gasteiger partial charge >= 0.3 is 58.3 Å². The maximum Gasteiger partial charge on any atom is 1.20 e. The molecule has 0 unspecified atom stereocenters. The van der Waals surface area contributed by atoms with Gasteiger partial charge in [-0.1, -0.05) is 0 Å². The van der Waals surface area contributed by atoms with Crippen LogP contribution in [-0.2, 0) is 54.1 Å². The Hall–Kier alpha value is -2.58. The Balaban J connectivity index is 1.82. The van der Waals surface area contributed by atoms with E-state index >= 15 is 0 Å². The van der Waals surface area contributed by atoms with Crippen molar-refractivity contribution in [2.45, 2.75) is 0 Å². The van der Waals surface area contributed by atoms with Crippen LogP contribution in [0.1, 0.15) is 0 Å². The van der Waals surface area contributed by atoms with Crippen LogP contribution >= 0.6 is 0 Å². The normalized spacial score (nSPS) is 17.2. The summed E-state index contributed by atoms with van der Waals surface area (Å²) in [5, 5.41) is 0. The Bertz CT molecular complexity index is 460. The van der Waals surface area contributed by atoms with E-state index in [-0.39, 0.29) is 0 Å². The lowest BCUT2D eigenvalue weighted by atomic mass is 10.2. The molecule has 12 nitrogen and oxygen atoms in total. The van der Waals surface area contributed by atoms with Crippen molar-refractivity contribution in [1.29, 1.82) is 0 Å². The van der Waals surface area contributed by atoms with Gasteiger partial charge in [-0.3, -0.25) is 0 Å². The zero-order valence-electron chi connectivity index (χ0n) is 9.05. The summed E-state index contributed by atoms with van der Waals surface area (Å²) in [7, 11) is -2.02. The van der Waals surface area contributed by atoms with Gasteiger partial charge in [0.25, 0.3) is 0 Å². The maximum atomic E-state index is 11.1. The molecule has 0 bridgehead atoms. The number of rotatable bonds is 2. The van der Waals surface area contributed by atoms with E-state index < -0.39 is 58.3 Å². The predicted octanol–water partition coefficient (Wildman–Crippen LogP) is -3.76. The average Bonchev–Trinajstić information content (AvgIpc) is 2.83. The standard InChI is InChI=1S/C4HBO8.C2H2O4.Al/c6-1(7)2(8)11-5-12-3(9)4(10)13-5;3-1(4)2(5)6;/h(H,6,7);(H,3,4)(H,5,6);/q;;+3/p-3. The summed E-state index contributed by atoms with van der Waals surface area (Å²) in [5.74, 6) is -8.96. The van der Waals surface area contributed by atoms with Crippen molar-refractivity contribution in [3.63, 3.8) is 0 Å². The minimum Gasteiger partial charge on any atom is -0.542 e. The first kappa shape index (κ1) is 13.8. The van der Waals surface area contributed by atoms with E-state index in [2.05, 4.69) is 25.3 Å². The Labute approximate surface area is 113 Å². The lowest BCUT2D eigenvalue weighted by Crippen LogP contribution is -2.34. The van der Waals surface area contributed by atoms with Crippen molar-refractivity contribution in [3.8, 4) is 0 Å². The molecule has 0 aromatic carbocycles. The van der Waals surface area contributed by atoms with Crippen molar-refractivity contribution in [1.82, 2.24) is 0 Å². The molecule has 0 spiro atoms. The van der Waals surface area contributed by atoms with Crippen LogP contribution in [0.15, 0.2) is 0 Å². The van der Waals surface area contributed by atoms with E-state index in [1.165, 1.54) is 0 Å². The smallest absolute Gasteiger partial charge is 0.542 e. The van der Waals surface area contributed by atoms with Gasteiger partial charge in [0.1, 0.15) is 0 Å². The third kappa shape index (κ3) is 2.87. The number of carbonyl (C=O) groups is 6. The summed E-state index contributed by atoms with van der Waals surface area (Å²) in [5.41, 5.74) is 0. The Morgan fingerprint density at radius 3 is 1.85 bits per heavy atom. The van der Waals surface area contributed by atoms with Crippen LogP contribution < -0.4 is 0 Å². The first-order valence-corrected chi connectivity index (χ1v) is 6.03. The van der Waals surface area contributed by atoms with E-state index in [4.69, 9.17) is 0 Å². The van der Waals surface area contributed by atoms with Gasteiger partial charge in [0.15, 0.2) is 0 Å². The second-order valence-corrected chi connectivity index (χ2v) is 4.29. The summed E-state index contributed by atoms with van der Waals surface area (Å²) in [4.78, 5) is 64.6. The lowest BCUT2D eigenvalue weighted by molar-refractivity contribution is -0.160. The molecule has 14 heteroatoms. The monoisotopic (exact) mass is 302 g/mol. The summed E-state index contributed by atoms with van der Waals surface area (Å²) >= 11 is -3.45. The molecule has 0 aromatic heterocycles. The molecule has 0 saturated carbocycles. The van der Waals surface area contributed by atoms with Crippen molar-refractivity contribution in [2.24, 2.45) is 0 Å². The van der Waals surface area contributed by atoms with Crippen LogP contribution in [0.2, 0.25) is 0 Å². The van der Waals surface area contributed by atoms with Crippen molar-refractivity contribution < 1.29 is 54.1 Å². The van der Waals surface area contributed by atoms with Gasteiger partial charge in [0, 0.05) is 0 Å². The van der Waals surface area contributed by atoms with Crippen LogP contribution in [0.5, 0.6) is 0 Å². The molecule has 0 N–H and O–H groups in total. The third-order valence-electron chi connectivity index (χ3n) is 1.72. The van der Waals surface area contributed by atoms with Crippen LogP contribution in [0.4, 0.5) is 0 Å². The highest BCUT2D eigenvalue weighted by Crippen LogP contribution is 2.07. The predicted molar refractivity (Wildman–Crippen MR) is 48.1 cm³/mol. The molecule has 0 atom stereocenters.